The molecular weight excluding hydrogens is 194 g/mol. The van der Waals surface area contributed by atoms with Crippen LogP contribution in [0.15, 0.2) is 0 Å². The van der Waals surface area contributed by atoms with Gasteiger partial charge in [0.05, 0.1) is 25.9 Å². The van der Waals surface area contributed by atoms with Crippen molar-refractivity contribution in [3.05, 3.63) is 0 Å². The molecule has 0 amide bonds. The minimum Gasteiger partial charge on any atom is -0.382 e. The van der Waals surface area contributed by atoms with Gasteiger partial charge in [-0.05, 0) is 13.8 Å². The highest BCUT2D eigenvalue weighted by Crippen LogP contribution is 2.11. The molecule has 0 aromatic carbocycles. The first-order chi connectivity index (χ1) is 7.36. The standard InChI is InChI=1S/C7H13NO2.C4H10O/c1-3-9-4-2-8(1)5-7-6-10-7;1-3-5-4-2/h7H,1-6H2;3-4H2,1-2H3. The summed E-state index contributed by atoms with van der Waals surface area (Å²) in [5, 5.41) is 0. The number of epoxide rings is 1. The number of ether oxygens (including phenoxy) is 3. The fourth-order valence-electron chi connectivity index (χ4n) is 1.45. The molecule has 2 heterocycles. The van der Waals surface area contributed by atoms with E-state index < -0.39 is 0 Å². The van der Waals surface area contributed by atoms with Crippen LogP contribution in [0.5, 0.6) is 0 Å². The summed E-state index contributed by atoms with van der Waals surface area (Å²) in [6.45, 7) is 11.7. The minimum atomic E-state index is 0.540. The van der Waals surface area contributed by atoms with E-state index in [1.165, 1.54) is 0 Å². The van der Waals surface area contributed by atoms with Crippen molar-refractivity contribution < 1.29 is 14.2 Å². The molecule has 2 saturated heterocycles. The van der Waals surface area contributed by atoms with Gasteiger partial charge in [0.2, 0.25) is 0 Å². The van der Waals surface area contributed by atoms with Crippen LogP contribution in [0.2, 0.25) is 0 Å². The lowest BCUT2D eigenvalue weighted by molar-refractivity contribution is 0.0349. The van der Waals surface area contributed by atoms with Crippen LogP contribution in [0.3, 0.4) is 0 Å². The summed E-state index contributed by atoms with van der Waals surface area (Å²) in [7, 11) is 0. The van der Waals surface area contributed by atoms with Crippen LogP contribution in [0.4, 0.5) is 0 Å². The number of morpholine rings is 1. The molecule has 1 atom stereocenters. The zero-order chi connectivity index (χ0) is 10.9. The van der Waals surface area contributed by atoms with Crippen LogP contribution in [-0.4, -0.2) is 63.7 Å². The second-order valence-corrected chi connectivity index (χ2v) is 3.65. The molecule has 2 rings (SSSR count). The number of nitrogens with zero attached hydrogens (tertiary/aromatic N) is 1. The molecule has 0 aromatic rings. The Morgan fingerprint density at radius 3 is 2.20 bits per heavy atom. The van der Waals surface area contributed by atoms with Crippen molar-refractivity contribution in [1.29, 1.82) is 0 Å². The van der Waals surface area contributed by atoms with Crippen LogP contribution in [-0.2, 0) is 14.2 Å². The normalized spacial score (nSPS) is 25.6. The molecule has 0 aliphatic carbocycles. The van der Waals surface area contributed by atoms with Crippen LogP contribution in [0, 0.1) is 0 Å². The average molecular weight is 217 g/mol. The Balaban J connectivity index is 0.000000195. The van der Waals surface area contributed by atoms with E-state index in [1.807, 2.05) is 13.8 Å². The van der Waals surface area contributed by atoms with E-state index in [0.29, 0.717) is 6.10 Å². The maximum absolute atomic E-state index is 5.22. The third kappa shape index (κ3) is 6.84. The lowest BCUT2D eigenvalue weighted by atomic mass is 10.3. The number of rotatable bonds is 4. The van der Waals surface area contributed by atoms with Crippen molar-refractivity contribution in [2.45, 2.75) is 20.0 Å². The molecule has 90 valence electrons. The highest BCUT2D eigenvalue weighted by molar-refractivity contribution is 4.75. The maximum atomic E-state index is 5.22. The first-order valence-electron chi connectivity index (χ1n) is 5.86. The molecule has 2 aliphatic rings. The van der Waals surface area contributed by atoms with Crippen molar-refractivity contribution in [3.8, 4) is 0 Å². The maximum Gasteiger partial charge on any atom is 0.0936 e. The Bertz CT molecular complexity index is 143. The van der Waals surface area contributed by atoms with Crippen LogP contribution < -0.4 is 0 Å². The molecule has 0 bridgehead atoms. The molecule has 0 aromatic heterocycles. The van der Waals surface area contributed by atoms with Crippen molar-refractivity contribution in [1.82, 2.24) is 4.90 Å². The minimum absolute atomic E-state index is 0.540. The molecular formula is C11H23NO3. The smallest absolute Gasteiger partial charge is 0.0936 e. The molecule has 0 saturated carbocycles. The fraction of sp³-hybridized carbons (Fsp3) is 1.00. The summed E-state index contributed by atoms with van der Waals surface area (Å²) in [6.07, 6.45) is 0.540. The third-order valence-corrected chi connectivity index (χ3v) is 2.38. The van der Waals surface area contributed by atoms with E-state index in [-0.39, 0.29) is 0 Å². The van der Waals surface area contributed by atoms with Crippen LogP contribution in [0.1, 0.15) is 13.8 Å². The van der Waals surface area contributed by atoms with Crippen molar-refractivity contribution in [3.63, 3.8) is 0 Å². The third-order valence-electron chi connectivity index (χ3n) is 2.38. The molecule has 2 aliphatic heterocycles. The van der Waals surface area contributed by atoms with Gasteiger partial charge in [0.1, 0.15) is 0 Å². The van der Waals surface area contributed by atoms with Gasteiger partial charge >= 0.3 is 0 Å². The topological polar surface area (TPSA) is 34.2 Å². The fourth-order valence-corrected chi connectivity index (χ4v) is 1.45. The van der Waals surface area contributed by atoms with Crippen LogP contribution >= 0.6 is 0 Å². The zero-order valence-corrected chi connectivity index (χ0v) is 9.91. The molecule has 0 radical (unpaired) electrons. The van der Waals surface area contributed by atoms with E-state index in [1.54, 1.807) is 0 Å². The quantitative estimate of drug-likeness (QED) is 0.651. The molecule has 0 spiro atoms. The largest absolute Gasteiger partial charge is 0.382 e. The second kappa shape index (κ2) is 8.05. The average Bonchev–Trinajstić information content (AvgIpc) is 3.05. The molecule has 2 fully saturated rings. The lowest BCUT2D eigenvalue weighted by Crippen LogP contribution is -2.38. The summed E-state index contributed by atoms with van der Waals surface area (Å²) < 4.78 is 15.2. The highest BCUT2D eigenvalue weighted by atomic mass is 16.6. The number of hydrogen-bond acceptors (Lipinski definition) is 4. The van der Waals surface area contributed by atoms with Gasteiger partial charge in [-0.15, -0.1) is 0 Å². The van der Waals surface area contributed by atoms with Gasteiger partial charge in [-0.3, -0.25) is 4.90 Å². The first kappa shape index (κ1) is 12.9. The molecule has 15 heavy (non-hydrogen) atoms. The molecule has 0 N–H and O–H groups in total. The van der Waals surface area contributed by atoms with Gasteiger partial charge in [-0.2, -0.15) is 0 Å². The highest BCUT2D eigenvalue weighted by Gasteiger charge is 2.25. The van der Waals surface area contributed by atoms with Gasteiger partial charge in [-0.1, -0.05) is 0 Å². The second-order valence-electron chi connectivity index (χ2n) is 3.65. The predicted molar refractivity (Wildman–Crippen MR) is 59.2 cm³/mol. The van der Waals surface area contributed by atoms with Crippen molar-refractivity contribution >= 4 is 0 Å². The summed E-state index contributed by atoms with van der Waals surface area (Å²) in [6, 6.07) is 0. The van der Waals surface area contributed by atoms with Crippen molar-refractivity contribution in [2.24, 2.45) is 0 Å². The molecule has 1 unspecified atom stereocenters. The number of hydrogen-bond donors (Lipinski definition) is 0. The van der Waals surface area contributed by atoms with Gasteiger partial charge < -0.3 is 14.2 Å². The summed E-state index contributed by atoms with van der Waals surface area (Å²) in [4.78, 5) is 2.40. The first-order valence-corrected chi connectivity index (χ1v) is 5.86. The van der Waals surface area contributed by atoms with E-state index in [9.17, 15) is 0 Å². The Hall–Kier alpha value is -0.160. The molecule has 4 heteroatoms. The van der Waals surface area contributed by atoms with E-state index >= 15 is 0 Å². The van der Waals surface area contributed by atoms with E-state index in [4.69, 9.17) is 14.2 Å². The van der Waals surface area contributed by atoms with E-state index in [0.717, 1.165) is 52.7 Å². The summed E-state index contributed by atoms with van der Waals surface area (Å²) in [5.41, 5.74) is 0. The van der Waals surface area contributed by atoms with Gasteiger partial charge in [0.25, 0.3) is 0 Å². The summed E-state index contributed by atoms with van der Waals surface area (Å²) in [5.74, 6) is 0. The molecule has 4 nitrogen and oxygen atoms in total. The Morgan fingerprint density at radius 2 is 1.80 bits per heavy atom. The summed E-state index contributed by atoms with van der Waals surface area (Å²) >= 11 is 0. The predicted octanol–water partition coefficient (Wildman–Crippen LogP) is 0.760. The van der Waals surface area contributed by atoms with E-state index in [2.05, 4.69) is 4.90 Å². The van der Waals surface area contributed by atoms with Gasteiger partial charge in [0, 0.05) is 32.8 Å². The Morgan fingerprint density at radius 1 is 1.20 bits per heavy atom. The lowest BCUT2D eigenvalue weighted by Gasteiger charge is -2.25. The monoisotopic (exact) mass is 217 g/mol. The van der Waals surface area contributed by atoms with Gasteiger partial charge in [0.15, 0.2) is 0 Å². The van der Waals surface area contributed by atoms with Gasteiger partial charge in [-0.25, -0.2) is 0 Å². The zero-order valence-electron chi connectivity index (χ0n) is 9.91. The SMILES string of the molecule is C1CN(CC2CO2)CCO1.CCOCC. The Kier molecular flexibility index (Phi) is 6.92. The Labute approximate surface area is 92.5 Å². The van der Waals surface area contributed by atoms with Crippen molar-refractivity contribution in [2.75, 3.05) is 52.7 Å². The van der Waals surface area contributed by atoms with Crippen LogP contribution in [0.25, 0.3) is 0 Å².